The lowest BCUT2D eigenvalue weighted by atomic mass is 10.0. The van der Waals surface area contributed by atoms with E-state index in [9.17, 15) is 24.8 Å². The number of hydrogen-bond acceptors (Lipinski definition) is 6. The number of piperidine rings is 1. The summed E-state index contributed by atoms with van der Waals surface area (Å²) in [6.45, 7) is -0.240. The predicted octanol–water partition coefficient (Wildman–Crippen LogP) is 1.14. The number of carbonyl (C=O) groups is 2. The minimum atomic E-state index is -1.29. The van der Waals surface area contributed by atoms with Crippen LogP contribution in [0.15, 0.2) is 24.3 Å². The summed E-state index contributed by atoms with van der Waals surface area (Å²) < 4.78 is 5.09. The van der Waals surface area contributed by atoms with Gasteiger partial charge in [0, 0.05) is 12.1 Å². The van der Waals surface area contributed by atoms with Crippen LogP contribution in [0.2, 0.25) is 0 Å². The van der Waals surface area contributed by atoms with E-state index in [2.05, 4.69) is 0 Å². The Morgan fingerprint density at radius 3 is 2.52 bits per heavy atom. The van der Waals surface area contributed by atoms with Gasteiger partial charge in [0.15, 0.2) is 0 Å². The fourth-order valence-electron chi connectivity index (χ4n) is 2.37. The molecule has 1 saturated heterocycles. The molecule has 0 unspecified atom stereocenters. The van der Waals surface area contributed by atoms with Crippen molar-refractivity contribution >= 4 is 17.7 Å². The van der Waals surface area contributed by atoms with Gasteiger partial charge < -0.3 is 14.9 Å². The third kappa shape index (κ3) is 4.16. The second kappa shape index (κ2) is 7.05. The Bertz CT molecular complexity index is 602. The molecule has 1 aromatic rings. The number of esters is 1. The van der Waals surface area contributed by atoms with Gasteiger partial charge in [-0.15, -0.1) is 0 Å². The SMILES string of the molecule is O=C(OCc1ccc([N+](=O)[O-])cc1)[C@H]1CC[C@@H](O)CN1C(=O)O. The topological polar surface area (TPSA) is 130 Å². The number of carboxylic acid groups (broad SMARTS) is 1. The first-order valence-electron chi connectivity index (χ1n) is 6.96. The van der Waals surface area contributed by atoms with Crippen molar-refractivity contribution in [3.63, 3.8) is 0 Å². The van der Waals surface area contributed by atoms with Crippen LogP contribution in [-0.2, 0) is 16.1 Å². The molecule has 9 nitrogen and oxygen atoms in total. The van der Waals surface area contributed by atoms with Crippen molar-refractivity contribution < 1.29 is 29.5 Å². The summed E-state index contributed by atoms with van der Waals surface area (Å²) in [5.41, 5.74) is 0.486. The average molecular weight is 324 g/mol. The zero-order valence-corrected chi connectivity index (χ0v) is 12.1. The van der Waals surface area contributed by atoms with E-state index in [1.54, 1.807) is 0 Å². The molecule has 23 heavy (non-hydrogen) atoms. The molecular formula is C14H16N2O7. The quantitative estimate of drug-likeness (QED) is 0.482. The van der Waals surface area contributed by atoms with E-state index in [1.165, 1.54) is 24.3 Å². The molecule has 1 aliphatic heterocycles. The molecule has 0 aromatic heterocycles. The van der Waals surface area contributed by atoms with Crippen LogP contribution in [-0.4, -0.2) is 50.8 Å². The van der Waals surface area contributed by atoms with Gasteiger partial charge in [0.2, 0.25) is 0 Å². The molecular weight excluding hydrogens is 308 g/mol. The number of nitro groups is 1. The first kappa shape index (κ1) is 16.7. The lowest BCUT2D eigenvalue weighted by molar-refractivity contribution is -0.384. The number of nitrogens with zero attached hydrogens (tertiary/aromatic N) is 2. The normalized spacial score (nSPS) is 20.8. The van der Waals surface area contributed by atoms with Crippen LogP contribution < -0.4 is 0 Å². The minimum Gasteiger partial charge on any atom is -0.465 e. The van der Waals surface area contributed by atoms with E-state index in [1.807, 2.05) is 0 Å². The fourth-order valence-corrected chi connectivity index (χ4v) is 2.37. The van der Waals surface area contributed by atoms with Crippen molar-refractivity contribution in [3.8, 4) is 0 Å². The molecule has 0 radical (unpaired) electrons. The Morgan fingerprint density at radius 1 is 1.30 bits per heavy atom. The largest absolute Gasteiger partial charge is 0.465 e. The Hall–Kier alpha value is -2.68. The third-order valence-corrected chi connectivity index (χ3v) is 3.60. The highest BCUT2D eigenvalue weighted by atomic mass is 16.6. The van der Waals surface area contributed by atoms with E-state index in [0.717, 1.165) is 4.90 Å². The van der Waals surface area contributed by atoms with E-state index in [4.69, 9.17) is 9.84 Å². The van der Waals surface area contributed by atoms with Gasteiger partial charge in [-0.3, -0.25) is 15.0 Å². The molecule has 9 heteroatoms. The molecule has 124 valence electrons. The number of likely N-dealkylation sites (tertiary alicyclic amines) is 1. The number of amides is 1. The zero-order valence-electron chi connectivity index (χ0n) is 12.1. The maximum absolute atomic E-state index is 12.1. The molecule has 0 spiro atoms. The van der Waals surface area contributed by atoms with Gasteiger partial charge in [0.1, 0.15) is 12.6 Å². The second-order valence-corrected chi connectivity index (χ2v) is 5.21. The Kier molecular flexibility index (Phi) is 5.12. The number of benzene rings is 1. The average Bonchev–Trinajstić information content (AvgIpc) is 2.52. The lowest BCUT2D eigenvalue weighted by Gasteiger charge is -2.34. The number of carbonyl (C=O) groups excluding carboxylic acids is 1. The maximum Gasteiger partial charge on any atom is 0.408 e. The summed E-state index contributed by atoms with van der Waals surface area (Å²) in [4.78, 5) is 34.1. The molecule has 0 bridgehead atoms. The monoisotopic (exact) mass is 324 g/mol. The second-order valence-electron chi connectivity index (χ2n) is 5.21. The summed E-state index contributed by atoms with van der Waals surface area (Å²) in [6.07, 6.45) is -1.57. The number of β-amino-alcohol motifs (C(OH)–C–C–N with tert-alkyl or cyclic N) is 1. The number of non-ortho nitro benzene ring substituents is 1. The smallest absolute Gasteiger partial charge is 0.408 e. The van der Waals surface area contributed by atoms with Crippen LogP contribution in [0.1, 0.15) is 18.4 Å². The van der Waals surface area contributed by atoms with Crippen molar-refractivity contribution in [1.82, 2.24) is 4.90 Å². The minimum absolute atomic E-state index is 0.0709. The molecule has 2 atom stereocenters. The molecule has 0 saturated carbocycles. The van der Waals surface area contributed by atoms with E-state index in [0.29, 0.717) is 12.0 Å². The Morgan fingerprint density at radius 2 is 1.96 bits per heavy atom. The molecule has 1 fully saturated rings. The van der Waals surface area contributed by atoms with Crippen molar-refractivity contribution in [1.29, 1.82) is 0 Å². The zero-order chi connectivity index (χ0) is 17.0. The van der Waals surface area contributed by atoms with Crippen LogP contribution in [0, 0.1) is 10.1 Å². The van der Waals surface area contributed by atoms with Crippen molar-refractivity contribution in [2.75, 3.05) is 6.54 Å². The number of aliphatic hydroxyl groups excluding tert-OH is 1. The van der Waals surface area contributed by atoms with Gasteiger partial charge in [0.25, 0.3) is 5.69 Å². The summed E-state index contributed by atoms with van der Waals surface area (Å²) in [5, 5.41) is 29.1. The highest BCUT2D eigenvalue weighted by Crippen LogP contribution is 2.20. The third-order valence-electron chi connectivity index (χ3n) is 3.60. The van der Waals surface area contributed by atoms with Gasteiger partial charge in [-0.05, 0) is 30.5 Å². The highest BCUT2D eigenvalue weighted by molar-refractivity contribution is 5.81. The molecule has 1 aromatic carbocycles. The molecule has 2 rings (SSSR count). The Labute approximate surface area is 131 Å². The summed E-state index contributed by atoms with van der Waals surface area (Å²) >= 11 is 0. The molecule has 1 amide bonds. The molecule has 2 N–H and O–H groups in total. The fraction of sp³-hybridized carbons (Fsp3) is 0.429. The number of ether oxygens (including phenoxy) is 1. The van der Waals surface area contributed by atoms with Gasteiger partial charge >= 0.3 is 12.1 Å². The van der Waals surface area contributed by atoms with Crippen molar-refractivity contribution in [2.45, 2.75) is 31.6 Å². The molecule has 1 aliphatic rings. The van der Waals surface area contributed by atoms with Gasteiger partial charge in [0.05, 0.1) is 17.6 Å². The van der Waals surface area contributed by atoms with Crippen LogP contribution >= 0.6 is 0 Å². The number of nitro benzene ring substituents is 1. The first-order chi connectivity index (χ1) is 10.9. The summed E-state index contributed by atoms with van der Waals surface area (Å²) in [5.74, 6) is -0.697. The van der Waals surface area contributed by atoms with Crippen LogP contribution in [0.3, 0.4) is 0 Å². The number of hydrogen-bond donors (Lipinski definition) is 2. The van der Waals surface area contributed by atoms with E-state index >= 15 is 0 Å². The van der Waals surface area contributed by atoms with Gasteiger partial charge in [-0.25, -0.2) is 9.59 Å². The van der Waals surface area contributed by atoms with Crippen LogP contribution in [0.5, 0.6) is 0 Å². The predicted molar refractivity (Wildman–Crippen MR) is 76.7 cm³/mol. The van der Waals surface area contributed by atoms with Crippen molar-refractivity contribution in [3.05, 3.63) is 39.9 Å². The summed E-state index contributed by atoms with van der Waals surface area (Å²) in [7, 11) is 0. The summed E-state index contributed by atoms with van der Waals surface area (Å²) in [6, 6.07) is 4.57. The lowest BCUT2D eigenvalue weighted by Crippen LogP contribution is -2.52. The van der Waals surface area contributed by atoms with Crippen LogP contribution in [0.4, 0.5) is 10.5 Å². The standard InChI is InChI=1S/C14H16N2O7/c17-11-5-6-12(15(7-11)14(19)20)13(18)23-8-9-1-3-10(4-2-9)16(21)22/h1-4,11-12,17H,5-8H2,(H,19,20)/t11-,12-/m1/s1. The number of aliphatic hydroxyl groups is 1. The van der Waals surface area contributed by atoms with Gasteiger partial charge in [-0.2, -0.15) is 0 Å². The molecule has 0 aliphatic carbocycles. The van der Waals surface area contributed by atoms with Crippen molar-refractivity contribution in [2.24, 2.45) is 0 Å². The van der Waals surface area contributed by atoms with Crippen LogP contribution in [0.25, 0.3) is 0 Å². The van der Waals surface area contributed by atoms with Gasteiger partial charge in [-0.1, -0.05) is 0 Å². The maximum atomic E-state index is 12.1. The first-order valence-corrected chi connectivity index (χ1v) is 6.96. The number of rotatable bonds is 4. The van der Waals surface area contributed by atoms with E-state index < -0.39 is 29.1 Å². The highest BCUT2D eigenvalue weighted by Gasteiger charge is 2.36. The molecule has 1 heterocycles. The van der Waals surface area contributed by atoms with E-state index in [-0.39, 0.29) is 25.3 Å². The Balaban J connectivity index is 1.95.